The van der Waals surface area contributed by atoms with Gasteiger partial charge in [0.1, 0.15) is 13.2 Å². The van der Waals surface area contributed by atoms with Crippen LogP contribution in [0.15, 0.2) is 25.3 Å². The molecular weight excluding hydrogens is 216 g/mol. The molecule has 16 heavy (non-hydrogen) atoms. The fourth-order valence-corrected chi connectivity index (χ4v) is 0.587. The Morgan fingerprint density at radius 3 is 1.94 bits per heavy atom. The number of carbonyl (C=O) groups is 3. The van der Waals surface area contributed by atoms with Gasteiger partial charge in [0.05, 0.1) is 0 Å². The summed E-state index contributed by atoms with van der Waals surface area (Å²) in [4.78, 5) is 32.0. The molecule has 0 rings (SSSR count). The van der Waals surface area contributed by atoms with Crippen molar-refractivity contribution in [3.05, 3.63) is 25.3 Å². The molecular formula is C10H12O6. The third kappa shape index (κ3) is 7.31. The minimum Gasteiger partial charge on any atom is -0.460 e. The molecule has 0 bridgehead atoms. The molecule has 0 saturated carbocycles. The summed E-state index contributed by atoms with van der Waals surface area (Å²) in [7, 11) is 0. The summed E-state index contributed by atoms with van der Waals surface area (Å²) in [5.74, 6) is -2.05. The lowest BCUT2D eigenvalue weighted by Gasteiger charge is -2.04. The molecule has 0 aliphatic heterocycles. The average molecular weight is 228 g/mol. The molecule has 0 heterocycles. The molecule has 0 amide bonds. The number of hydrogen-bond acceptors (Lipinski definition) is 6. The highest BCUT2D eigenvalue weighted by atomic mass is 16.6. The second-order valence-corrected chi connectivity index (χ2v) is 2.40. The van der Waals surface area contributed by atoms with E-state index < -0.39 is 24.5 Å². The van der Waals surface area contributed by atoms with Crippen molar-refractivity contribution < 1.29 is 28.6 Å². The van der Waals surface area contributed by atoms with Gasteiger partial charge in [0.25, 0.3) is 0 Å². The summed E-state index contributed by atoms with van der Waals surface area (Å²) < 4.78 is 13.5. The molecule has 88 valence electrons. The van der Waals surface area contributed by atoms with Crippen LogP contribution in [0, 0.1) is 0 Å². The van der Waals surface area contributed by atoms with Gasteiger partial charge >= 0.3 is 17.9 Å². The molecule has 6 nitrogen and oxygen atoms in total. The largest absolute Gasteiger partial charge is 0.460 e. The van der Waals surface area contributed by atoms with Gasteiger partial charge in [-0.2, -0.15) is 0 Å². The topological polar surface area (TPSA) is 78.9 Å². The molecule has 0 aliphatic rings. The van der Waals surface area contributed by atoms with Gasteiger partial charge in [0.15, 0.2) is 6.61 Å². The summed E-state index contributed by atoms with van der Waals surface area (Å²) in [5, 5.41) is 0. The lowest BCUT2D eigenvalue weighted by molar-refractivity contribution is -0.158. The summed E-state index contributed by atoms with van der Waals surface area (Å²) in [5.41, 5.74) is 0. The zero-order chi connectivity index (χ0) is 12.4. The quantitative estimate of drug-likeness (QED) is 0.264. The van der Waals surface area contributed by atoms with E-state index in [0.717, 1.165) is 12.2 Å². The van der Waals surface area contributed by atoms with Gasteiger partial charge < -0.3 is 14.2 Å². The van der Waals surface area contributed by atoms with Gasteiger partial charge in [-0.15, -0.1) is 0 Å². The average Bonchev–Trinajstić information content (AvgIpc) is 2.31. The minimum absolute atomic E-state index is 0.0774. The van der Waals surface area contributed by atoms with Crippen molar-refractivity contribution in [2.24, 2.45) is 0 Å². The predicted octanol–water partition coefficient (Wildman–Crippen LogP) is -0.0120. The van der Waals surface area contributed by atoms with Gasteiger partial charge in [0.2, 0.25) is 0 Å². The van der Waals surface area contributed by atoms with E-state index in [1.54, 1.807) is 0 Å². The minimum atomic E-state index is -0.732. The Kier molecular flexibility index (Phi) is 7.14. The number of esters is 3. The smallest absolute Gasteiger partial charge is 0.344 e. The maximum Gasteiger partial charge on any atom is 0.344 e. The standard InChI is InChI=1S/C10H12O6/c1-3-8(11)14-5-6-15-10(13)7-16-9(12)4-2/h3-4H,1-2,5-7H2. The summed E-state index contributed by atoms with van der Waals surface area (Å²) in [6, 6.07) is 0. The van der Waals surface area contributed by atoms with Crippen molar-refractivity contribution in [1.29, 1.82) is 0 Å². The van der Waals surface area contributed by atoms with Crippen molar-refractivity contribution in [3.8, 4) is 0 Å². The molecule has 0 aliphatic carbocycles. The van der Waals surface area contributed by atoms with E-state index in [2.05, 4.69) is 27.4 Å². The normalized spacial score (nSPS) is 8.75. The fourth-order valence-electron chi connectivity index (χ4n) is 0.587. The lowest BCUT2D eigenvalue weighted by Crippen LogP contribution is -2.18. The first-order valence-electron chi connectivity index (χ1n) is 4.34. The van der Waals surface area contributed by atoms with E-state index in [9.17, 15) is 14.4 Å². The van der Waals surface area contributed by atoms with Crippen LogP contribution in [0.4, 0.5) is 0 Å². The van der Waals surface area contributed by atoms with Crippen LogP contribution in [0.25, 0.3) is 0 Å². The molecule has 0 aromatic carbocycles. The predicted molar refractivity (Wildman–Crippen MR) is 53.3 cm³/mol. The van der Waals surface area contributed by atoms with Crippen LogP contribution >= 0.6 is 0 Å². The van der Waals surface area contributed by atoms with Crippen molar-refractivity contribution in [2.45, 2.75) is 0 Å². The van der Waals surface area contributed by atoms with Crippen molar-refractivity contribution in [1.82, 2.24) is 0 Å². The van der Waals surface area contributed by atoms with Crippen LogP contribution in [0.1, 0.15) is 0 Å². The van der Waals surface area contributed by atoms with Crippen molar-refractivity contribution in [3.63, 3.8) is 0 Å². The van der Waals surface area contributed by atoms with Crippen LogP contribution in [-0.2, 0) is 28.6 Å². The van der Waals surface area contributed by atoms with Gasteiger partial charge in [-0.25, -0.2) is 14.4 Å². The highest BCUT2D eigenvalue weighted by Crippen LogP contribution is 1.86. The van der Waals surface area contributed by atoms with Crippen LogP contribution in [-0.4, -0.2) is 37.7 Å². The van der Waals surface area contributed by atoms with E-state index in [-0.39, 0.29) is 13.2 Å². The van der Waals surface area contributed by atoms with Crippen LogP contribution < -0.4 is 0 Å². The molecule has 0 spiro atoms. The van der Waals surface area contributed by atoms with E-state index in [0.29, 0.717) is 0 Å². The van der Waals surface area contributed by atoms with Gasteiger partial charge in [0, 0.05) is 12.2 Å². The maximum atomic E-state index is 10.9. The molecule has 6 heteroatoms. The third-order valence-electron chi connectivity index (χ3n) is 1.26. The van der Waals surface area contributed by atoms with E-state index >= 15 is 0 Å². The first-order valence-corrected chi connectivity index (χ1v) is 4.34. The fraction of sp³-hybridized carbons (Fsp3) is 0.300. The molecule has 0 aromatic rings. The monoisotopic (exact) mass is 228 g/mol. The second-order valence-electron chi connectivity index (χ2n) is 2.40. The van der Waals surface area contributed by atoms with E-state index in [4.69, 9.17) is 0 Å². The zero-order valence-electron chi connectivity index (χ0n) is 8.64. The SMILES string of the molecule is C=CC(=O)OCCOC(=O)COC(=O)C=C. The molecule has 0 atom stereocenters. The maximum absolute atomic E-state index is 10.9. The first kappa shape index (κ1) is 13.9. The number of carbonyl (C=O) groups excluding carboxylic acids is 3. The van der Waals surface area contributed by atoms with Crippen molar-refractivity contribution >= 4 is 17.9 Å². The summed E-state index contributed by atoms with van der Waals surface area (Å²) >= 11 is 0. The van der Waals surface area contributed by atoms with E-state index in [1.165, 1.54) is 0 Å². The summed E-state index contributed by atoms with van der Waals surface area (Å²) in [6.45, 7) is 5.65. The lowest BCUT2D eigenvalue weighted by atomic mass is 10.6. The number of ether oxygens (including phenoxy) is 3. The Hall–Kier alpha value is -2.11. The van der Waals surface area contributed by atoms with Gasteiger partial charge in [-0.1, -0.05) is 13.2 Å². The Labute approximate surface area is 92.5 Å². The zero-order valence-corrected chi connectivity index (χ0v) is 8.64. The molecule has 0 unspecified atom stereocenters. The molecule has 0 saturated heterocycles. The Morgan fingerprint density at radius 2 is 1.38 bits per heavy atom. The Morgan fingerprint density at radius 1 is 0.875 bits per heavy atom. The molecule has 0 N–H and O–H groups in total. The highest BCUT2D eigenvalue weighted by molar-refractivity contribution is 5.83. The van der Waals surface area contributed by atoms with Crippen LogP contribution in [0.2, 0.25) is 0 Å². The van der Waals surface area contributed by atoms with Crippen LogP contribution in [0.5, 0.6) is 0 Å². The van der Waals surface area contributed by atoms with Gasteiger partial charge in [-0.05, 0) is 0 Å². The summed E-state index contributed by atoms with van der Waals surface area (Å²) in [6.07, 6.45) is 1.92. The van der Waals surface area contributed by atoms with E-state index in [1.807, 2.05) is 0 Å². The third-order valence-corrected chi connectivity index (χ3v) is 1.26. The molecule has 0 aromatic heterocycles. The molecule has 0 radical (unpaired) electrons. The number of rotatable bonds is 7. The first-order chi connectivity index (χ1) is 7.60. The highest BCUT2D eigenvalue weighted by Gasteiger charge is 2.06. The van der Waals surface area contributed by atoms with Crippen LogP contribution in [0.3, 0.4) is 0 Å². The Balaban J connectivity index is 3.51. The number of hydrogen-bond donors (Lipinski definition) is 0. The van der Waals surface area contributed by atoms with Gasteiger partial charge in [-0.3, -0.25) is 0 Å². The Bertz CT molecular complexity index is 294. The van der Waals surface area contributed by atoms with Crippen molar-refractivity contribution in [2.75, 3.05) is 19.8 Å². The second kappa shape index (κ2) is 8.22. The molecule has 0 fully saturated rings.